The summed E-state index contributed by atoms with van der Waals surface area (Å²) < 4.78 is 66.6. The van der Waals surface area contributed by atoms with Crippen LogP contribution in [0.15, 0.2) is 52.9 Å². The van der Waals surface area contributed by atoms with Gasteiger partial charge in [-0.05, 0) is 49.3 Å². The number of halogens is 4. The molecule has 4 heterocycles. The van der Waals surface area contributed by atoms with Crippen LogP contribution in [0.25, 0.3) is 5.57 Å². The van der Waals surface area contributed by atoms with E-state index in [0.29, 0.717) is 51.6 Å². The number of amidine groups is 1. The molecule has 0 N–H and O–H groups in total. The van der Waals surface area contributed by atoms with Gasteiger partial charge in [0.05, 0.1) is 17.2 Å². The Hall–Kier alpha value is -2.70. The molecule has 2 aliphatic heterocycles. The first-order valence-corrected chi connectivity index (χ1v) is 15.2. The van der Waals surface area contributed by atoms with E-state index in [-0.39, 0.29) is 21.9 Å². The second-order valence-electron chi connectivity index (χ2n) is 9.74. The lowest BCUT2D eigenvalue weighted by molar-refractivity contribution is 0.0566. The first kappa shape index (κ1) is 25.6. The van der Waals surface area contributed by atoms with E-state index in [9.17, 15) is 21.6 Å². The fourth-order valence-corrected chi connectivity index (χ4v) is 7.94. The summed E-state index contributed by atoms with van der Waals surface area (Å²) in [5.41, 5.74) is 2.44. The molecule has 38 heavy (non-hydrogen) atoms. The number of hydrogen-bond donors (Lipinski definition) is 0. The summed E-state index contributed by atoms with van der Waals surface area (Å²) in [5.74, 6) is 0.209. The minimum atomic E-state index is -3.12. The minimum Gasteiger partial charge on any atom is -0.327 e. The minimum absolute atomic E-state index is 0.00581. The number of allylic oxidation sites excluding steroid dienone is 1. The fraction of sp³-hybridized carbons (Fsp3) is 0.400. The molecule has 1 unspecified atom stereocenters. The lowest BCUT2D eigenvalue weighted by Gasteiger charge is -2.32. The van der Waals surface area contributed by atoms with Crippen LogP contribution < -0.4 is 0 Å². The highest BCUT2D eigenvalue weighted by molar-refractivity contribution is 7.92. The second-order valence-corrected chi connectivity index (χ2v) is 13.4. The molecule has 2 aromatic heterocycles. The molecule has 13 heteroatoms. The van der Waals surface area contributed by atoms with E-state index >= 15 is 0 Å². The Balaban J connectivity index is 1.46. The van der Waals surface area contributed by atoms with E-state index < -0.39 is 28.2 Å². The van der Waals surface area contributed by atoms with E-state index in [2.05, 4.69) is 10.1 Å². The molecule has 200 valence electrons. The van der Waals surface area contributed by atoms with Gasteiger partial charge in [0.1, 0.15) is 11.9 Å². The van der Waals surface area contributed by atoms with Crippen LogP contribution in [-0.2, 0) is 9.84 Å². The summed E-state index contributed by atoms with van der Waals surface area (Å²) in [6.45, 7) is -2.30. The van der Waals surface area contributed by atoms with Crippen LogP contribution in [0.2, 0.25) is 5.02 Å². The molecule has 1 saturated heterocycles. The SMILES string of the molecule is O=S(=O)(CCC1CC2=C(c3cnn(C(F)F)c3)[C@H](c3ccc(F)cc3Cl)N=C(c3nccs3)N2C1)C1CC1. The van der Waals surface area contributed by atoms with E-state index in [0.717, 1.165) is 18.5 Å². The zero-order valence-corrected chi connectivity index (χ0v) is 22.4. The Morgan fingerprint density at radius 1 is 1.24 bits per heavy atom. The zero-order chi connectivity index (χ0) is 26.6. The van der Waals surface area contributed by atoms with Gasteiger partial charge in [0, 0.05) is 46.2 Å². The molecule has 3 aromatic rings. The molecule has 2 fully saturated rings. The van der Waals surface area contributed by atoms with Crippen molar-refractivity contribution in [3.63, 3.8) is 0 Å². The summed E-state index contributed by atoms with van der Waals surface area (Å²) in [6, 6.07) is 3.32. The predicted octanol–water partition coefficient (Wildman–Crippen LogP) is 5.73. The number of benzene rings is 1. The quantitative estimate of drug-likeness (QED) is 0.339. The average Bonchev–Trinajstić information content (AvgIpc) is 3.26. The molecule has 2 atom stereocenters. The van der Waals surface area contributed by atoms with Crippen molar-refractivity contribution in [3.05, 3.63) is 74.8 Å². The van der Waals surface area contributed by atoms with Crippen molar-refractivity contribution in [2.75, 3.05) is 12.3 Å². The monoisotopic (exact) mass is 581 g/mol. The molecule has 3 aliphatic rings. The largest absolute Gasteiger partial charge is 0.333 e. The Bertz CT molecular complexity index is 1530. The average molecular weight is 582 g/mol. The molecule has 1 aromatic carbocycles. The molecule has 0 spiro atoms. The smallest absolute Gasteiger partial charge is 0.327 e. The molecule has 0 radical (unpaired) electrons. The highest BCUT2D eigenvalue weighted by Crippen LogP contribution is 2.48. The van der Waals surface area contributed by atoms with Crippen LogP contribution in [0.4, 0.5) is 13.2 Å². The van der Waals surface area contributed by atoms with Gasteiger partial charge < -0.3 is 4.90 Å². The standard InChI is InChI=1S/C25H23ClF3N5O2S2/c26-19-10-16(27)1-4-18(19)22-21(15-11-31-34(13-15)25(28)29)20-9-14(5-8-38(35,36)17-2-3-17)12-33(20)23(32-22)24-30-6-7-37-24/h1,4,6-7,10-11,13-14,17,22,25H,2-3,5,8-9,12H2/t14?,22-/m0/s1. The normalized spacial score (nSPS) is 21.8. The summed E-state index contributed by atoms with van der Waals surface area (Å²) >= 11 is 7.89. The number of hydrogen-bond acceptors (Lipinski definition) is 7. The third kappa shape index (κ3) is 4.77. The number of nitrogens with zero attached hydrogens (tertiary/aromatic N) is 5. The number of rotatable bonds is 8. The summed E-state index contributed by atoms with van der Waals surface area (Å²) in [5, 5.41) is 6.27. The van der Waals surface area contributed by atoms with Gasteiger partial charge in [-0.2, -0.15) is 13.9 Å². The number of fused-ring (bicyclic) bond motifs is 1. The summed E-state index contributed by atoms with van der Waals surface area (Å²) in [4.78, 5) is 11.5. The Kier molecular flexibility index (Phi) is 6.59. The number of aromatic nitrogens is 3. The molecule has 0 amide bonds. The van der Waals surface area contributed by atoms with Crippen LogP contribution >= 0.6 is 22.9 Å². The molecule has 0 bridgehead atoms. The van der Waals surface area contributed by atoms with Gasteiger partial charge >= 0.3 is 6.55 Å². The van der Waals surface area contributed by atoms with Gasteiger partial charge in [-0.1, -0.05) is 17.7 Å². The van der Waals surface area contributed by atoms with E-state index in [4.69, 9.17) is 16.6 Å². The first-order chi connectivity index (χ1) is 18.2. The number of thiazole rings is 1. The lowest BCUT2D eigenvalue weighted by Crippen LogP contribution is -2.33. The van der Waals surface area contributed by atoms with Crippen LogP contribution in [0.1, 0.15) is 54.4 Å². The first-order valence-electron chi connectivity index (χ1n) is 12.2. The molecule has 7 nitrogen and oxygen atoms in total. The Labute approximate surface area is 226 Å². The van der Waals surface area contributed by atoms with E-state index in [1.54, 1.807) is 12.3 Å². The number of aliphatic imine (C=N–C) groups is 1. The maximum Gasteiger partial charge on any atom is 0.333 e. The second kappa shape index (κ2) is 9.80. The van der Waals surface area contributed by atoms with E-state index in [1.807, 2.05) is 10.3 Å². The van der Waals surface area contributed by atoms with Gasteiger partial charge in [-0.25, -0.2) is 22.5 Å². The van der Waals surface area contributed by atoms with Crippen LogP contribution in [0.3, 0.4) is 0 Å². The third-order valence-corrected chi connectivity index (χ3v) is 10.6. The van der Waals surface area contributed by atoms with Crippen molar-refractivity contribution in [1.29, 1.82) is 0 Å². The van der Waals surface area contributed by atoms with Crippen molar-refractivity contribution in [2.24, 2.45) is 10.9 Å². The maximum atomic E-state index is 13.9. The van der Waals surface area contributed by atoms with Crippen molar-refractivity contribution >= 4 is 44.2 Å². The topological polar surface area (TPSA) is 80.4 Å². The van der Waals surface area contributed by atoms with Crippen molar-refractivity contribution in [1.82, 2.24) is 19.7 Å². The van der Waals surface area contributed by atoms with Gasteiger partial charge in [0.25, 0.3) is 0 Å². The highest BCUT2D eigenvalue weighted by Gasteiger charge is 2.42. The lowest BCUT2D eigenvalue weighted by atomic mass is 9.90. The van der Waals surface area contributed by atoms with Gasteiger partial charge in [0.15, 0.2) is 20.7 Å². The number of sulfone groups is 1. The molecule has 6 rings (SSSR count). The number of alkyl halides is 2. The molecule has 1 saturated carbocycles. The van der Waals surface area contributed by atoms with Crippen molar-refractivity contribution in [3.8, 4) is 0 Å². The Morgan fingerprint density at radius 2 is 2.05 bits per heavy atom. The molecular formula is C25H23ClF3N5O2S2. The molecule has 1 aliphatic carbocycles. The van der Waals surface area contributed by atoms with Crippen molar-refractivity contribution in [2.45, 2.75) is 43.5 Å². The Morgan fingerprint density at radius 3 is 2.71 bits per heavy atom. The highest BCUT2D eigenvalue weighted by atomic mass is 35.5. The van der Waals surface area contributed by atoms with Crippen LogP contribution in [0, 0.1) is 11.7 Å². The van der Waals surface area contributed by atoms with Crippen LogP contribution in [-0.4, -0.2) is 51.5 Å². The van der Waals surface area contributed by atoms with Gasteiger partial charge in [-0.15, -0.1) is 11.3 Å². The van der Waals surface area contributed by atoms with Gasteiger partial charge in [0.2, 0.25) is 0 Å². The summed E-state index contributed by atoms with van der Waals surface area (Å²) in [7, 11) is -3.12. The summed E-state index contributed by atoms with van der Waals surface area (Å²) in [6.07, 6.45) is 6.76. The predicted molar refractivity (Wildman–Crippen MR) is 139 cm³/mol. The van der Waals surface area contributed by atoms with Crippen molar-refractivity contribution < 1.29 is 21.6 Å². The third-order valence-electron chi connectivity index (χ3n) is 7.18. The van der Waals surface area contributed by atoms with Gasteiger partial charge in [-0.3, -0.25) is 4.99 Å². The maximum absolute atomic E-state index is 13.9. The van der Waals surface area contributed by atoms with Crippen LogP contribution in [0.5, 0.6) is 0 Å². The fourth-order valence-electron chi connectivity index (χ4n) is 5.18. The molecular weight excluding hydrogens is 559 g/mol. The zero-order valence-electron chi connectivity index (χ0n) is 20.0. The van der Waals surface area contributed by atoms with E-state index in [1.165, 1.54) is 35.9 Å².